The van der Waals surface area contributed by atoms with E-state index in [9.17, 15) is 4.79 Å². The van der Waals surface area contributed by atoms with Crippen LogP contribution in [0.3, 0.4) is 0 Å². The molecule has 0 aromatic carbocycles. The highest BCUT2D eigenvalue weighted by atomic mass is 16.5. The van der Waals surface area contributed by atoms with E-state index in [1.165, 1.54) is 0 Å². The molecule has 1 fully saturated rings. The summed E-state index contributed by atoms with van der Waals surface area (Å²) in [5, 5.41) is 3.39. The molecule has 1 aliphatic rings. The van der Waals surface area contributed by atoms with Gasteiger partial charge in [0.25, 0.3) is 0 Å². The Morgan fingerprint density at radius 2 is 2.54 bits per heavy atom. The second kappa shape index (κ2) is 5.40. The molecule has 0 aromatic rings. The SMILES string of the molecule is [N-]=[N+]=NCCCN1CCOCC1=O. The van der Waals surface area contributed by atoms with Crippen LogP contribution in [0.2, 0.25) is 0 Å². The van der Waals surface area contributed by atoms with Crippen molar-refractivity contribution in [3.8, 4) is 0 Å². The second-order valence-corrected chi connectivity index (χ2v) is 2.74. The van der Waals surface area contributed by atoms with Gasteiger partial charge < -0.3 is 9.64 Å². The molecule has 0 unspecified atom stereocenters. The monoisotopic (exact) mass is 184 g/mol. The number of carbonyl (C=O) groups excluding carboxylic acids is 1. The van der Waals surface area contributed by atoms with E-state index >= 15 is 0 Å². The van der Waals surface area contributed by atoms with Crippen LogP contribution in [-0.4, -0.2) is 43.7 Å². The predicted molar refractivity (Wildman–Crippen MR) is 46.0 cm³/mol. The number of morpholine rings is 1. The third kappa shape index (κ3) is 3.31. The Balaban J connectivity index is 2.18. The van der Waals surface area contributed by atoms with Crippen LogP contribution in [0.1, 0.15) is 6.42 Å². The summed E-state index contributed by atoms with van der Waals surface area (Å²) in [6, 6.07) is 0. The minimum Gasteiger partial charge on any atom is -0.370 e. The van der Waals surface area contributed by atoms with E-state index in [1.54, 1.807) is 4.90 Å². The summed E-state index contributed by atoms with van der Waals surface area (Å²) in [4.78, 5) is 15.5. The molecule has 0 aromatic heterocycles. The van der Waals surface area contributed by atoms with Crippen LogP contribution in [0.25, 0.3) is 10.4 Å². The molecule has 0 aliphatic carbocycles. The van der Waals surface area contributed by atoms with E-state index in [0.717, 1.165) is 6.42 Å². The van der Waals surface area contributed by atoms with Crippen molar-refractivity contribution in [1.29, 1.82) is 0 Å². The normalized spacial score (nSPS) is 16.9. The molecule has 0 N–H and O–H groups in total. The molecule has 6 nitrogen and oxygen atoms in total. The molecule has 0 radical (unpaired) electrons. The zero-order valence-corrected chi connectivity index (χ0v) is 7.35. The molecule has 72 valence electrons. The molecule has 1 aliphatic heterocycles. The maximum atomic E-state index is 11.2. The largest absolute Gasteiger partial charge is 0.370 e. The van der Waals surface area contributed by atoms with Gasteiger partial charge in [-0.2, -0.15) is 0 Å². The average molecular weight is 184 g/mol. The van der Waals surface area contributed by atoms with Crippen molar-refractivity contribution in [2.45, 2.75) is 6.42 Å². The molecule has 0 atom stereocenters. The van der Waals surface area contributed by atoms with E-state index in [4.69, 9.17) is 10.3 Å². The summed E-state index contributed by atoms with van der Waals surface area (Å²) in [6.07, 6.45) is 0.718. The number of azide groups is 1. The summed E-state index contributed by atoms with van der Waals surface area (Å²) in [7, 11) is 0. The number of ether oxygens (including phenoxy) is 1. The van der Waals surface area contributed by atoms with Gasteiger partial charge in [0.2, 0.25) is 5.91 Å². The van der Waals surface area contributed by atoms with Gasteiger partial charge in [-0.25, -0.2) is 0 Å². The number of carbonyl (C=O) groups is 1. The van der Waals surface area contributed by atoms with Gasteiger partial charge in [0, 0.05) is 24.5 Å². The Kier molecular flexibility index (Phi) is 4.08. The summed E-state index contributed by atoms with van der Waals surface area (Å²) < 4.78 is 4.97. The first-order chi connectivity index (χ1) is 6.34. The molecule has 0 saturated carbocycles. The standard InChI is InChI=1S/C7H12N4O2/c8-10-9-2-1-3-11-4-5-13-6-7(11)12/h1-6H2. The quantitative estimate of drug-likeness (QED) is 0.277. The zero-order chi connectivity index (χ0) is 9.52. The van der Waals surface area contributed by atoms with Gasteiger partial charge in [0.15, 0.2) is 0 Å². The lowest BCUT2D eigenvalue weighted by atomic mass is 10.3. The first-order valence-corrected chi connectivity index (χ1v) is 4.21. The second-order valence-electron chi connectivity index (χ2n) is 2.74. The van der Waals surface area contributed by atoms with Crippen LogP contribution in [0.15, 0.2) is 5.11 Å². The smallest absolute Gasteiger partial charge is 0.248 e. The van der Waals surface area contributed by atoms with E-state index in [2.05, 4.69) is 10.0 Å². The molecule has 13 heavy (non-hydrogen) atoms. The van der Waals surface area contributed by atoms with Gasteiger partial charge in [-0.3, -0.25) is 4.79 Å². The third-order valence-electron chi connectivity index (χ3n) is 1.83. The lowest BCUT2D eigenvalue weighted by molar-refractivity contribution is -0.142. The summed E-state index contributed by atoms with van der Waals surface area (Å²) in [5.41, 5.74) is 8.01. The van der Waals surface area contributed by atoms with Gasteiger partial charge in [0.1, 0.15) is 6.61 Å². The Morgan fingerprint density at radius 1 is 1.69 bits per heavy atom. The van der Waals surface area contributed by atoms with Crippen LogP contribution >= 0.6 is 0 Å². The molecule has 6 heteroatoms. The highest BCUT2D eigenvalue weighted by Crippen LogP contribution is 1.99. The molecule has 0 bridgehead atoms. The Hall–Kier alpha value is -1.26. The Bertz CT molecular complexity index is 225. The summed E-state index contributed by atoms with van der Waals surface area (Å²) >= 11 is 0. The topological polar surface area (TPSA) is 78.3 Å². The fourth-order valence-corrected chi connectivity index (χ4v) is 1.16. The highest BCUT2D eigenvalue weighted by Gasteiger charge is 2.17. The van der Waals surface area contributed by atoms with Crippen molar-refractivity contribution in [3.05, 3.63) is 10.4 Å². The highest BCUT2D eigenvalue weighted by molar-refractivity contribution is 5.77. The van der Waals surface area contributed by atoms with Gasteiger partial charge >= 0.3 is 0 Å². The zero-order valence-electron chi connectivity index (χ0n) is 7.35. The lowest BCUT2D eigenvalue weighted by Crippen LogP contribution is -2.42. The van der Waals surface area contributed by atoms with Gasteiger partial charge in [-0.1, -0.05) is 5.11 Å². The number of amides is 1. The van der Waals surface area contributed by atoms with Crippen molar-refractivity contribution in [2.24, 2.45) is 5.11 Å². The molecule has 1 saturated heterocycles. The molecule has 1 amide bonds. The van der Waals surface area contributed by atoms with Crippen molar-refractivity contribution in [3.63, 3.8) is 0 Å². The fraction of sp³-hybridized carbons (Fsp3) is 0.857. The first-order valence-electron chi connectivity index (χ1n) is 4.21. The third-order valence-corrected chi connectivity index (χ3v) is 1.83. The van der Waals surface area contributed by atoms with Crippen LogP contribution in [0.4, 0.5) is 0 Å². The van der Waals surface area contributed by atoms with E-state index in [-0.39, 0.29) is 12.5 Å². The minimum absolute atomic E-state index is 0.0205. The number of hydrogen-bond acceptors (Lipinski definition) is 3. The molecular weight excluding hydrogens is 172 g/mol. The summed E-state index contributed by atoms with van der Waals surface area (Å²) in [5.74, 6) is 0.0205. The molecule has 1 rings (SSSR count). The van der Waals surface area contributed by atoms with Gasteiger partial charge in [0.05, 0.1) is 6.61 Å². The minimum atomic E-state index is 0.0205. The Labute approximate surface area is 76.1 Å². The number of rotatable bonds is 4. The van der Waals surface area contributed by atoms with Crippen LogP contribution < -0.4 is 0 Å². The van der Waals surface area contributed by atoms with Gasteiger partial charge in [-0.15, -0.1) is 0 Å². The Morgan fingerprint density at radius 3 is 3.23 bits per heavy atom. The van der Waals surface area contributed by atoms with Crippen molar-refractivity contribution >= 4 is 5.91 Å². The van der Waals surface area contributed by atoms with Crippen molar-refractivity contribution in [1.82, 2.24) is 4.90 Å². The number of nitrogens with zero attached hydrogens (tertiary/aromatic N) is 4. The van der Waals surface area contributed by atoms with E-state index in [0.29, 0.717) is 26.2 Å². The maximum Gasteiger partial charge on any atom is 0.248 e. The predicted octanol–water partition coefficient (Wildman–Crippen LogP) is 0.546. The molecular formula is C7H12N4O2. The van der Waals surface area contributed by atoms with Crippen LogP contribution in [0, 0.1) is 0 Å². The first kappa shape index (κ1) is 9.83. The molecule has 0 spiro atoms. The van der Waals surface area contributed by atoms with E-state index < -0.39 is 0 Å². The van der Waals surface area contributed by atoms with E-state index in [1.807, 2.05) is 0 Å². The average Bonchev–Trinajstić information content (AvgIpc) is 2.15. The fourth-order valence-electron chi connectivity index (χ4n) is 1.16. The van der Waals surface area contributed by atoms with Crippen molar-refractivity contribution < 1.29 is 9.53 Å². The maximum absolute atomic E-state index is 11.2. The van der Waals surface area contributed by atoms with Gasteiger partial charge in [-0.05, 0) is 12.0 Å². The van der Waals surface area contributed by atoms with Crippen LogP contribution in [0.5, 0.6) is 0 Å². The molecule has 1 heterocycles. The van der Waals surface area contributed by atoms with Crippen LogP contribution in [-0.2, 0) is 9.53 Å². The summed E-state index contributed by atoms with van der Waals surface area (Å²) in [6.45, 7) is 2.53. The lowest BCUT2D eigenvalue weighted by Gasteiger charge is -2.26. The number of hydrogen-bond donors (Lipinski definition) is 0. The van der Waals surface area contributed by atoms with Crippen molar-refractivity contribution in [2.75, 3.05) is 32.8 Å².